The Bertz CT molecular complexity index is 458. The molecule has 0 aliphatic heterocycles. The van der Waals surface area contributed by atoms with Crippen molar-refractivity contribution in [1.29, 1.82) is 5.26 Å². The number of carbonyl (C=O) groups excluding carboxylic acids is 1. The van der Waals surface area contributed by atoms with Gasteiger partial charge < -0.3 is 4.74 Å². The second-order valence-corrected chi connectivity index (χ2v) is 4.33. The molecule has 1 unspecified atom stereocenters. The summed E-state index contributed by atoms with van der Waals surface area (Å²) in [6.07, 6.45) is 0. The van der Waals surface area contributed by atoms with Crippen molar-refractivity contribution in [1.82, 2.24) is 0 Å². The van der Waals surface area contributed by atoms with Gasteiger partial charge >= 0.3 is 0 Å². The molecule has 0 fully saturated rings. The van der Waals surface area contributed by atoms with Crippen molar-refractivity contribution in [2.75, 3.05) is 7.11 Å². The molecule has 3 heteroatoms. The third kappa shape index (κ3) is 2.85. The number of carbonyl (C=O) groups is 1. The normalized spacial score (nSPS) is 12.0. The predicted molar refractivity (Wildman–Crippen MR) is 66.2 cm³/mol. The van der Waals surface area contributed by atoms with E-state index in [-0.39, 0.29) is 11.7 Å². The molecule has 0 spiro atoms. The van der Waals surface area contributed by atoms with Crippen LogP contribution >= 0.6 is 0 Å². The van der Waals surface area contributed by atoms with Crippen LogP contribution in [-0.4, -0.2) is 12.9 Å². The monoisotopic (exact) mass is 231 g/mol. The minimum atomic E-state index is -0.608. The maximum atomic E-state index is 11.9. The fourth-order valence-electron chi connectivity index (χ4n) is 1.65. The molecule has 90 valence electrons. The minimum Gasteiger partial charge on any atom is -0.496 e. The molecule has 0 N–H and O–H groups in total. The number of nitrogens with zero attached hydrogens (tertiary/aromatic N) is 1. The SMILES string of the molecule is COc1ccc(C(=O)C(C)C#N)cc1C(C)C. The molecule has 0 radical (unpaired) electrons. The molecule has 1 atom stereocenters. The van der Waals surface area contributed by atoms with Crippen LogP contribution in [0.2, 0.25) is 0 Å². The van der Waals surface area contributed by atoms with Crippen molar-refractivity contribution < 1.29 is 9.53 Å². The van der Waals surface area contributed by atoms with Gasteiger partial charge in [-0.15, -0.1) is 0 Å². The molecule has 0 aliphatic rings. The van der Waals surface area contributed by atoms with Crippen molar-refractivity contribution in [3.63, 3.8) is 0 Å². The summed E-state index contributed by atoms with van der Waals surface area (Å²) in [4.78, 5) is 11.9. The van der Waals surface area contributed by atoms with Gasteiger partial charge in [-0.2, -0.15) is 5.26 Å². The second kappa shape index (κ2) is 5.49. The fourth-order valence-corrected chi connectivity index (χ4v) is 1.65. The number of Topliss-reactive ketones (excluding diaryl/α,β-unsaturated/α-hetero) is 1. The summed E-state index contributed by atoms with van der Waals surface area (Å²) in [5.74, 6) is 0.303. The number of hydrogen-bond donors (Lipinski definition) is 0. The molecule has 0 saturated carbocycles. The number of rotatable bonds is 4. The molecule has 1 aromatic rings. The lowest BCUT2D eigenvalue weighted by molar-refractivity contribution is 0.0956. The highest BCUT2D eigenvalue weighted by atomic mass is 16.5. The van der Waals surface area contributed by atoms with Crippen LogP contribution in [0.15, 0.2) is 18.2 Å². The topological polar surface area (TPSA) is 50.1 Å². The zero-order chi connectivity index (χ0) is 13.0. The van der Waals surface area contributed by atoms with E-state index in [2.05, 4.69) is 0 Å². The fraction of sp³-hybridized carbons (Fsp3) is 0.429. The van der Waals surface area contributed by atoms with Crippen LogP contribution in [0.25, 0.3) is 0 Å². The molecular formula is C14H17NO2. The third-order valence-electron chi connectivity index (χ3n) is 2.72. The molecule has 0 amide bonds. The van der Waals surface area contributed by atoms with Crippen molar-refractivity contribution in [2.24, 2.45) is 5.92 Å². The van der Waals surface area contributed by atoms with Crippen LogP contribution in [0.3, 0.4) is 0 Å². The van der Waals surface area contributed by atoms with E-state index in [0.29, 0.717) is 5.56 Å². The summed E-state index contributed by atoms with van der Waals surface area (Å²) in [6, 6.07) is 7.27. The Kier molecular flexibility index (Phi) is 4.28. The Labute approximate surface area is 102 Å². The van der Waals surface area contributed by atoms with Crippen LogP contribution in [-0.2, 0) is 0 Å². The molecular weight excluding hydrogens is 214 g/mol. The Balaban J connectivity index is 3.18. The number of ketones is 1. The third-order valence-corrected chi connectivity index (χ3v) is 2.72. The van der Waals surface area contributed by atoms with Crippen molar-refractivity contribution >= 4 is 5.78 Å². The molecule has 1 rings (SSSR count). The van der Waals surface area contributed by atoms with Crippen LogP contribution in [0, 0.1) is 17.2 Å². The van der Waals surface area contributed by atoms with Crippen molar-refractivity contribution in [2.45, 2.75) is 26.7 Å². The molecule has 0 heterocycles. The average Bonchev–Trinajstić information content (AvgIpc) is 2.35. The maximum absolute atomic E-state index is 11.9. The first kappa shape index (κ1) is 13.2. The highest BCUT2D eigenvalue weighted by molar-refractivity contribution is 5.99. The standard InChI is InChI=1S/C14H17NO2/c1-9(2)12-7-11(5-6-13(12)17-4)14(16)10(3)8-15/h5-7,9-10H,1-4H3. The summed E-state index contributed by atoms with van der Waals surface area (Å²) in [5, 5.41) is 8.75. The van der Waals surface area contributed by atoms with Crippen LogP contribution in [0.1, 0.15) is 42.6 Å². The molecule has 0 aromatic heterocycles. The van der Waals surface area contributed by atoms with Crippen LogP contribution in [0.5, 0.6) is 5.75 Å². The molecule has 0 saturated heterocycles. The summed E-state index contributed by atoms with van der Waals surface area (Å²) < 4.78 is 5.25. The van der Waals surface area contributed by atoms with E-state index in [1.807, 2.05) is 26.0 Å². The minimum absolute atomic E-state index is 0.142. The predicted octanol–water partition coefficient (Wildman–Crippen LogP) is 3.16. The zero-order valence-electron chi connectivity index (χ0n) is 10.7. The van der Waals surface area contributed by atoms with Gasteiger partial charge in [0.05, 0.1) is 13.2 Å². The van der Waals surface area contributed by atoms with Gasteiger partial charge in [-0.25, -0.2) is 0 Å². The number of hydrogen-bond acceptors (Lipinski definition) is 3. The number of ether oxygens (including phenoxy) is 1. The van der Waals surface area contributed by atoms with Gasteiger partial charge in [-0.1, -0.05) is 13.8 Å². The van der Waals surface area contributed by atoms with Gasteiger partial charge in [-0.3, -0.25) is 4.79 Å². The first-order valence-electron chi connectivity index (χ1n) is 5.63. The number of benzene rings is 1. The van der Waals surface area contributed by atoms with Crippen LogP contribution < -0.4 is 4.74 Å². The molecule has 0 aliphatic carbocycles. The van der Waals surface area contributed by atoms with Gasteiger partial charge in [0.15, 0.2) is 5.78 Å². The highest BCUT2D eigenvalue weighted by Gasteiger charge is 2.17. The van der Waals surface area contributed by atoms with E-state index in [1.54, 1.807) is 26.2 Å². The van der Waals surface area contributed by atoms with Gasteiger partial charge in [0, 0.05) is 5.56 Å². The lowest BCUT2D eigenvalue weighted by Gasteiger charge is -2.13. The Morgan fingerprint density at radius 1 is 1.35 bits per heavy atom. The first-order valence-corrected chi connectivity index (χ1v) is 5.63. The van der Waals surface area contributed by atoms with Crippen LogP contribution in [0.4, 0.5) is 0 Å². The van der Waals surface area contributed by atoms with Gasteiger partial charge in [-0.05, 0) is 36.6 Å². The van der Waals surface area contributed by atoms with Crippen molar-refractivity contribution in [3.05, 3.63) is 29.3 Å². The molecule has 1 aromatic carbocycles. The molecule has 3 nitrogen and oxygen atoms in total. The lowest BCUT2D eigenvalue weighted by atomic mass is 9.94. The number of nitriles is 1. The Morgan fingerprint density at radius 2 is 2.00 bits per heavy atom. The molecule has 0 bridgehead atoms. The van der Waals surface area contributed by atoms with E-state index >= 15 is 0 Å². The van der Waals surface area contributed by atoms with E-state index in [1.165, 1.54) is 0 Å². The number of methoxy groups -OCH3 is 1. The summed E-state index contributed by atoms with van der Waals surface area (Å²) in [5.41, 5.74) is 1.56. The summed E-state index contributed by atoms with van der Waals surface area (Å²) in [7, 11) is 1.61. The van der Waals surface area contributed by atoms with Crippen molar-refractivity contribution in [3.8, 4) is 11.8 Å². The quantitative estimate of drug-likeness (QED) is 0.748. The lowest BCUT2D eigenvalue weighted by Crippen LogP contribution is -2.10. The van der Waals surface area contributed by atoms with E-state index in [4.69, 9.17) is 10.00 Å². The summed E-state index contributed by atoms with van der Waals surface area (Å²) in [6.45, 7) is 5.70. The molecule has 17 heavy (non-hydrogen) atoms. The maximum Gasteiger partial charge on any atom is 0.179 e. The highest BCUT2D eigenvalue weighted by Crippen LogP contribution is 2.28. The van der Waals surface area contributed by atoms with Gasteiger partial charge in [0.25, 0.3) is 0 Å². The Hall–Kier alpha value is -1.82. The van der Waals surface area contributed by atoms with Gasteiger partial charge in [0.1, 0.15) is 11.7 Å². The first-order chi connectivity index (χ1) is 8.01. The largest absolute Gasteiger partial charge is 0.496 e. The average molecular weight is 231 g/mol. The van der Waals surface area contributed by atoms with E-state index < -0.39 is 5.92 Å². The zero-order valence-corrected chi connectivity index (χ0v) is 10.7. The second-order valence-electron chi connectivity index (χ2n) is 4.33. The smallest absolute Gasteiger partial charge is 0.179 e. The van der Waals surface area contributed by atoms with Gasteiger partial charge in [0.2, 0.25) is 0 Å². The summed E-state index contributed by atoms with van der Waals surface area (Å²) >= 11 is 0. The van der Waals surface area contributed by atoms with E-state index in [0.717, 1.165) is 11.3 Å². The Morgan fingerprint density at radius 3 is 2.47 bits per heavy atom. The van der Waals surface area contributed by atoms with E-state index in [9.17, 15) is 4.79 Å².